The van der Waals surface area contributed by atoms with Gasteiger partial charge in [0.2, 0.25) is 0 Å². The van der Waals surface area contributed by atoms with Crippen molar-refractivity contribution >= 4 is 41.2 Å². The number of carbonyl (C=O) groups is 2. The summed E-state index contributed by atoms with van der Waals surface area (Å²) in [6, 6.07) is 8.28. The minimum atomic E-state index is -1.13. The van der Waals surface area contributed by atoms with Crippen molar-refractivity contribution in [3.8, 4) is 11.3 Å². The van der Waals surface area contributed by atoms with E-state index in [1.54, 1.807) is 30.3 Å². The van der Waals surface area contributed by atoms with Crippen LogP contribution in [-0.2, 0) is 9.59 Å². The van der Waals surface area contributed by atoms with Gasteiger partial charge in [0, 0.05) is 10.6 Å². The molecule has 0 aliphatic carbocycles. The Morgan fingerprint density at radius 3 is 2.71 bits per heavy atom. The van der Waals surface area contributed by atoms with Gasteiger partial charge in [-0.1, -0.05) is 23.2 Å². The van der Waals surface area contributed by atoms with E-state index in [1.807, 2.05) is 5.43 Å². The lowest BCUT2D eigenvalue weighted by Crippen LogP contribution is -2.32. The molecule has 2 rings (SSSR count). The van der Waals surface area contributed by atoms with E-state index in [9.17, 15) is 9.59 Å². The minimum absolute atomic E-state index is 0.353. The van der Waals surface area contributed by atoms with Crippen molar-refractivity contribution in [3.05, 3.63) is 46.1 Å². The lowest BCUT2D eigenvalue weighted by Gasteiger charge is -2.00. The highest BCUT2D eigenvalue weighted by atomic mass is 35.5. The third-order valence-corrected chi connectivity index (χ3v) is 2.97. The Bertz CT molecular complexity index is 725. The van der Waals surface area contributed by atoms with Crippen molar-refractivity contribution in [1.29, 1.82) is 0 Å². The number of halogens is 2. The average molecular weight is 326 g/mol. The normalized spacial score (nSPS) is 10.8. The molecule has 0 fully saturated rings. The molecular weight excluding hydrogens is 317 g/mol. The Hall–Kier alpha value is -2.31. The highest BCUT2D eigenvalue weighted by Crippen LogP contribution is 2.31. The van der Waals surface area contributed by atoms with Gasteiger partial charge in [-0.25, -0.2) is 5.43 Å². The van der Waals surface area contributed by atoms with Crippen LogP contribution >= 0.6 is 23.2 Å². The third kappa shape index (κ3) is 3.84. The van der Waals surface area contributed by atoms with Crippen LogP contribution < -0.4 is 11.2 Å². The molecule has 6 nitrogen and oxygen atoms in total. The number of nitrogens with two attached hydrogens (primary N) is 1. The van der Waals surface area contributed by atoms with E-state index in [1.165, 1.54) is 6.21 Å². The first-order valence-electron chi connectivity index (χ1n) is 5.65. The SMILES string of the molecule is NC(=O)C(=O)N/N=C\c1ccc(-c2cc(Cl)ccc2Cl)o1. The molecule has 2 aromatic rings. The molecule has 108 valence electrons. The average Bonchev–Trinajstić information content (AvgIpc) is 2.90. The molecule has 1 aromatic heterocycles. The fraction of sp³-hybridized carbons (Fsp3) is 0. The van der Waals surface area contributed by atoms with Gasteiger partial charge in [-0.2, -0.15) is 5.10 Å². The maximum atomic E-state index is 10.9. The molecule has 0 aliphatic rings. The second kappa shape index (κ2) is 6.43. The summed E-state index contributed by atoms with van der Waals surface area (Å²) in [5.41, 5.74) is 7.33. The number of hydrazone groups is 1. The minimum Gasteiger partial charge on any atom is -0.455 e. The molecule has 0 aliphatic heterocycles. The summed E-state index contributed by atoms with van der Waals surface area (Å²) >= 11 is 12.0. The number of furan rings is 1. The lowest BCUT2D eigenvalue weighted by molar-refractivity contribution is -0.137. The first kappa shape index (κ1) is 15.1. The number of carbonyl (C=O) groups excluding carboxylic acids is 2. The summed E-state index contributed by atoms with van der Waals surface area (Å²) < 4.78 is 5.49. The zero-order valence-electron chi connectivity index (χ0n) is 10.5. The van der Waals surface area contributed by atoms with Crippen molar-refractivity contribution in [2.45, 2.75) is 0 Å². The number of benzene rings is 1. The molecule has 1 heterocycles. The molecule has 1 aromatic carbocycles. The number of hydrogen-bond donors (Lipinski definition) is 2. The van der Waals surface area contributed by atoms with Crippen LogP contribution in [0.25, 0.3) is 11.3 Å². The Labute approximate surface area is 129 Å². The smallest absolute Gasteiger partial charge is 0.329 e. The first-order valence-corrected chi connectivity index (χ1v) is 6.41. The van der Waals surface area contributed by atoms with Crippen molar-refractivity contribution in [2.75, 3.05) is 0 Å². The molecule has 0 atom stereocenters. The molecule has 3 N–H and O–H groups in total. The maximum absolute atomic E-state index is 10.9. The summed E-state index contributed by atoms with van der Waals surface area (Å²) in [5, 5.41) is 4.54. The van der Waals surface area contributed by atoms with E-state index in [0.717, 1.165) is 0 Å². The zero-order chi connectivity index (χ0) is 15.4. The van der Waals surface area contributed by atoms with Gasteiger partial charge in [-0.15, -0.1) is 0 Å². The fourth-order valence-corrected chi connectivity index (χ4v) is 1.85. The van der Waals surface area contributed by atoms with E-state index >= 15 is 0 Å². The molecule has 0 spiro atoms. The molecule has 21 heavy (non-hydrogen) atoms. The number of primary amides is 1. The summed E-state index contributed by atoms with van der Waals surface area (Å²) in [5.74, 6) is -1.30. The summed E-state index contributed by atoms with van der Waals surface area (Å²) in [4.78, 5) is 21.4. The Balaban J connectivity index is 2.15. The molecule has 0 unspecified atom stereocenters. The second-order valence-corrected chi connectivity index (χ2v) is 4.73. The van der Waals surface area contributed by atoms with Crippen LogP contribution in [0.2, 0.25) is 10.0 Å². The fourth-order valence-electron chi connectivity index (χ4n) is 1.46. The van der Waals surface area contributed by atoms with Crippen LogP contribution in [0.1, 0.15) is 5.76 Å². The van der Waals surface area contributed by atoms with Crippen LogP contribution in [0.4, 0.5) is 0 Å². The summed E-state index contributed by atoms with van der Waals surface area (Å²) in [6.45, 7) is 0. The van der Waals surface area contributed by atoms with Crippen LogP contribution in [0.15, 0.2) is 39.9 Å². The number of nitrogens with zero attached hydrogens (tertiary/aromatic N) is 1. The summed E-state index contributed by atoms with van der Waals surface area (Å²) in [6.07, 6.45) is 1.22. The maximum Gasteiger partial charge on any atom is 0.329 e. The van der Waals surface area contributed by atoms with E-state index in [0.29, 0.717) is 27.1 Å². The molecule has 2 amide bonds. The van der Waals surface area contributed by atoms with Gasteiger partial charge in [0.25, 0.3) is 0 Å². The highest BCUT2D eigenvalue weighted by Gasteiger charge is 2.09. The molecule has 0 radical (unpaired) electrons. The second-order valence-electron chi connectivity index (χ2n) is 3.89. The molecular formula is C13H9Cl2N3O3. The molecule has 0 saturated carbocycles. The van der Waals surface area contributed by atoms with Crippen LogP contribution in [-0.4, -0.2) is 18.0 Å². The highest BCUT2D eigenvalue weighted by molar-refractivity contribution is 6.35. The van der Waals surface area contributed by atoms with Gasteiger partial charge in [-0.05, 0) is 30.3 Å². The van der Waals surface area contributed by atoms with Gasteiger partial charge in [-0.3, -0.25) is 9.59 Å². The molecule has 0 bridgehead atoms. The van der Waals surface area contributed by atoms with Gasteiger partial charge >= 0.3 is 11.8 Å². The van der Waals surface area contributed by atoms with Crippen molar-refractivity contribution in [2.24, 2.45) is 10.8 Å². The molecule has 8 heteroatoms. The van der Waals surface area contributed by atoms with E-state index < -0.39 is 11.8 Å². The van der Waals surface area contributed by atoms with Crippen molar-refractivity contribution in [3.63, 3.8) is 0 Å². The number of amides is 2. The van der Waals surface area contributed by atoms with E-state index in [2.05, 4.69) is 5.10 Å². The van der Waals surface area contributed by atoms with Crippen molar-refractivity contribution < 1.29 is 14.0 Å². The molecule has 0 saturated heterocycles. The zero-order valence-corrected chi connectivity index (χ0v) is 12.0. The largest absolute Gasteiger partial charge is 0.455 e. The Morgan fingerprint density at radius 2 is 2.00 bits per heavy atom. The van der Waals surface area contributed by atoms with E-state index in [4.69, 9.17) is 33.4 Å². The topological polar surface area (TPSA) is 97.7 Å². The van der Waals surface area contributed by atoms with Crippen molar-refractivity contribution in [1.82, 2.24) is 5.43 Å². The van der Waals surface area contributed by atoms with Crippen LogP contribution in [0.3, 0.4) is 0 Å². The Kier molecular flexibility index (Phi) is 4.62. The third-order valence-electron chi connectivity index (χ3n) is 2.40. The monoisotopic (exact) mass is 325 g/mol. The van der Waals surface area contributed by atoms with E-state index in [-0.39, 0.29) is 0 Å². The number of hydrogen-bond acceptors (Lipinski definition) is 4. The standard InChI is InChI=1S/C13H9Cl2N3O3/c14-7-1-3-10(15)9(5-7)11-4-2-8(21-11)6-17-18-13(20)12(16)19/h1-6H,(H2,16,19)(H,18,20)/b17-6-. The number of nitrogens with one attached hydrogen (secondary N) is 1. The quantitative estimate of drug-likeness (QED) is 0.514. The predicted molar refractivity (Wildman–Crippen MR) is 79.1 cm³/mol. The first-order chi connectivity index (χ1) is 9.97. The van der Waals surface area contributed by atoms with Gasteiger partial charge in [0.15, 0.2) is 0 Å². The Morgan fingerprint density at radius 1 is 1.24 bits per heavy atom. The summed E-state index contributed by atoms with van der Waals surface area (Å²) in [7, 11) is 0. The predicted octanol–water partition coefficient (Wildman–Crippen LogP) is 2.19. The van der Waals surface area contributed by atoms with Gasteiger partial charge in [0.1, 0.15) is 11.5 Å². The van der Waals surface area contributed by atoms with Crippen LogP contribution in [0, 0.1) is 0 Å². The lowest BCUT2D eigenvalue weighted by atomic mass is 10.2. The van der Waals surface area contributed by atoms with Crippen LogP contribution in [0.5, 0.6) is 0 Å². The van der Waals surface area contributed by atoms with Gasteiger partial charge in [0.05, 0.1) is 11.2 Å². The van der Waals surface area contributed by atoms with Gasteiger partial charge < -0.3 is 10.2 Å². The number of rotatable bonds is 3.